The van der Waals surface area contributed by atoms with E-state index in [4.69, 9.17) is 28.9 Å². The molecule has 3 N–H and O–H groups in total. The summed E-state index contributed by atoms with van der Waals surface area (Å²) in [5.41, 5.74) is 10.1. The lowest BCUT2D eigenvalue weighted by Crippen LogP contribution is -2.09. The summed E-state index contributed by atoms with van der Waals surface area (Å²) < 4.78 is 2.15. The van der Waals surface area contributed by atoms with Gasteiger partial charge >= 0.3 is 0 Å². The Bertz CT molecular complexity index is 842. The van der Waals surface area contributed by atoms with Gasteiger partial charge in [-0.2, -0.15) is 0 Å². The van der Waals surface area contributed by atoms with Crippen molar-refractivity contribution >= 4 is 34.1 Å². The summed E-state index contributed by atoms with van der Waals surface area (Å²) in [4.78, 5) is 0. The number of aliphatic hydroxyl groups excluding tert-OH is 1. The standard InChI is InChI=1S/C18H18Cl2N2O/c19-12-6-7-16-14(10-12)18(13-4-1-2-5-15(13)20)17(11-21)22(16)8-3-9-23/h1-2,4-7,10,23H,3,8-9,11,21H2. The van der Waals surface area contributed by atoms with Crippen LogP contribution in [0.4, 0.5) is 0 Å². The molecule has 0 unspecified atom stereocenters. The van der Waals surface area contributed by atoms with Gasteiger partial charge in [0.15, 0.2) is 0 Å². The molecular weight excluding hydrogens is 331 g/mol. The third kappa shape index (κ3) is 2.98. The van der Waals surface area contributed by atoms with Crippen LogP contribution in [0.15, 0.2) is 42.5 Å². The van der Waals surface area contributed by atoms with Crippen molar-refractivity contribution in [2.75, 3.05) is 6.61 Å². The number of nitrogens with zero attached hydrogens (tertiary/aromatic N) is 1. The highest BCUT2D eigenvalue weighted by Gasteiger charge is 2.19. The van der Waals surface area contributed by atoms with E-state index in [0.717, 1.165) is 27.7 Å². The second-order valence-electron chi connectivity index (χ2n) is 5.40. The Balaban J connectivity index is 2.35. The maximum atomic E-state index is 9.19. The molecule has 0 amide bonds. The summed E-state index contributed by atoms with van der Waals surface area (Å²) in [7, 11) is 0. The lowest BCUT2D eigenvalue weighted by Gasteiger charge is -2.11. The minimum absolute atomic E-state index is 0.138. The SMILES string of the molecule is NCc1c(-c2ccccc2Cl)c2cc(Cl)ccc2n1CCCO. The lowest BCUT2D eigenvalue weighted by molar-refractivity contribution is 0.280. The van der Waals surface area contributed by atoms with Gasteiger partial charge in [-0.3, -0.25) is 0 Å². The van der Waals surface area contributed by atoms with Gasteiger partial charge in [-0.05, 0) is 30.7 Å². The van der Waals surface area contributed by atoms with Gasteiger partial charge < -0.3 is 15.4 Å². The topological polar surface area (TPSA) is 51.2 Å². The minimum Gasteiger partial charge on any atom is -0.396 e. The molecule has 5 heteroatoms. The monoisotopic (exact) mass is 348 g/mol. The van der Waals surface area contributed by atoms with Gasteiger partial charge in [0.05, 0.1) is 0 Å². The van der Waals surface area contributed by atoms with Crippen molar-refractivity contribution in [1.29, 1.82) is 0 Å². The van der Waals surface area contributed by atoms with E-state index >= 15 is 0 Å². The summed E-state index contributed by atoms with van der Waals surface area (Å²) in [6, 6.07) is 13.6. The zero-order valence-corrected chi connectivity index (χ0v) is 14.1. The van der Waals surface area contributed by atoms with Crippen LogP contribution in [0.5, 0.6) is 0 Å². The second kappa shape index (κ2) is 6.93. The van der Waals surface area contributed by atoms with Crippen LogP contribution in [-0.2, 0) is 13.1 Å². The zero-order chi connectivity index (χ0) is 16.4. The number of aliphatic hydroxyl groups is 1. The van der Waals surface area contributed by atoms with Crippen LogP contribution < -0.4 is 5.73 Å². The van der Waals surface area contributed by atoms with Gasteiger partial charge in [0, 0.05) is 57.5 Å². The van der Waals surface area contributed by atoms with Crippen molar-refractivity contribution in [3.63, 3.8) is 0 Å². The largest absolute Gasteiger partial charge is 0.396 e. The highest BCUT2D eigenvalue weighted by atomic mass is 35.5. The first kappa shape index (κ1) is 16.3. The molecule has 0 aliphatic rings. The molecule has 0 spiro atoms. The first-order chi connectivity index (χ1) is 11.2. The molecule has 0 aliphatic carbocycles. The molecule has 3 aromatic rings. The number of nitrogens with two attached hydrogens (primary N) is 1. The Morgan fingerprint density at radius 3 is 2.57 bits per heavy atom. The predicted octanol–water partition coefficient (Wildman–Crippen LogP) is 4.46. The van der Waals surface area contributed by atoms with Crippen molar-refractivity contribution in [2.45, 2.75) is 19.5 Å². The summed E-state index contributed by atoms with van der Waals surface area (Å²) in [5.74, 6) is 0. The second-order valence-corrected chi connectivity index (χ2v) is 6.24. The van der Waals surface area contributed by atoms with E-state index < -0.39 is 0 Å². The smallest absolute Gasteiger partial charge is 0.0490 e. The number of hydrogen-bond donors (Lipinski definition) is 2. The zero-order valence-electron chi connectivity index (χ0n) is 12.6. The predicted molar refractivity (Wildman–Crippen MR) is 97.0 cm³/mol. The van der Waals surface area contributed by atoms with E-state index in [9.17, 15) is 5.11 Å². The lowest BCUT2D eigenvalue weighted by atomic mass is 10.0. The maximum Gasteiger partial charge on any atom is 0.0490 e. The summed E-state index contributed by atoms with van der Waals surface area (Å²) in [6.45, 7) is 1.22. The summed E-state index contributed by atoms with van der Waals surface area (Å²) in [6.07, 6.45) is 0.668. The highest BCUT2D eigenvalue weighted by molar-refractivity contribution is 6.34. The number of fused-ring (bicyclic) bond motifs is 1. The van der Waals surface area contributed by atoms with E-state index in [0.29, 0.717) is 29.6 Å². The van der Waals surface area contributed by atoms with Crippen LogP contribution in [0.2, 0.25) is 10.0 Å². The molecule has 1 aromatic heterocycles. The molecule has 0 saturated heterocycles. The Morgan fingerprint density at radius 2 is 1.87 bits per heavy atom. The number of hydrogen-bond acceptors (Lipinski definition) is 2. The summed E-state index contributed by atoms with van der Waals surface area (Å²) in [5, 5.41) is 11.6. The van der Waals surface area contributed by atoms with Gasteiger partial charge in [0.2, 0.25) is 0 Å². The van der Waals surface area contributed by atoms with Crippen LogP contribution in [0, 0.1) is 0 Å². The molecule has 3 nitrogen and oxygen atoms in total. The van der Waals surface area contributed by atoms with Crippen LogP contribution in [0.3, 0.4) is 0 Å². The fourth-order valence-electron chi connectivity index (χ4n) is 3.04. The van der Waals surface area contributed by atoms with Gasteiger partial charge in [-0.25, -0.2) is 0 Å². The molecule has 0 fully saturated rings. The number of aryl methyl sites for hydroxylation is 1. The Kier molecular flexibility index (Phi) is 4.93. The maximum absolute atomic E-state index is 9.19. The average molecular weight is 349 g/mol. The molecule has 0 aliphatic heterocycles. The molecule has 0 bridgehead atoms. The molecule has 120 valence electrons. The van der Waals surface area contributed by atoms with E-state index in [2.05, 4.69) is 4.57 Å². The van der Waals surface area contributed by atoms with Crippen LogP contribution >= 0.6 is 23.2 Å². The summed E-state index contributed by atoms with van der Waals surface area (Å²) >= 11 is 12.6. The van der Waals surface area contributed by atoms with Crippen molar-refractivity contribution < 1.29 is 5.11 Å². The molecule has 2 aromatic carbocycles. The Labute approximate surface area is 145 Å². The fraction of sp³-hybridized carbons (Fsp3) is 0.222. The van der Waals surface area contributed by atoms with E-state index in [1.54, 1.807) is 0 Å². The molecule has 23 heavy (non-hydrogen) atoms. The quantitative estimate of drug-likeness (QED) is 0.715. The van der Waals surface area contributed by atoms with Gasteiger partial charge in [-0.15, -0.1) is 0 Å². The van der Waals surface area contributed by atoms with Crippen molar-refractivity contribution in [1.82, 2.24) is 4.57 Å². The molecule has 3 rings (SSSR count). The Morgan fingerprint density at radius 1 is 1.09 bits per heavy atom. The van der Waals surface area contributed by atoms with Crippen molar-refractivity contribution in [3.8, 4) is 11.1 Å². The average Bonchev–Trinajstić information content (AvgIpc) is 2.85. The molecule has 0 radical (unpaired) electrons. The third-order valence-electron chi connectivity index (χ3n) is 4.01. The highest BCUT2D eigenvalue weighted by Crippen LogP contribution is 2.39. The number of halogens is 2. The third-order valence-corrected chi connectivity index (χ3v) is 4.57. The van der Waals surface area contributed by atoms with Crippen LogP contribution in [0.1, 0.15) is 12.1 Å². The van der Waals surface area contributed by atoms with E-state index in [1.165, 1.54) is 0 Å². The number of benzene rings is 2. The van der Waals surface area contributed by atoms with E-state index in [-0.39, 0.29) is 6.61 Å². The fourth-order valence-corrected chi connectivity index (χ4v) is 3.44. The van der Waals surface area contributed by atoms with Gasteiger partial charge in [-0.1, -0.05) is 41.4 Å². The molecular formula is C18H18Cl2N2O. The van der Waals surface area contributed by atoms with Crippen LogP contribution in [-0.4, -0.2) is 16.3 Å². The first-order valence-electron chi connectivity index (χ1n) is 7.53. The first-order valence-corrected chi connectivity index (χ1v) is 8.29. The van der Waals surface area contributed by atoms with Crippen molar-refractivity contribution in [2.24, 2.45) is 5.73 Å². The van der Waals surface area contributed by atoms with E-state index in [1.807, 2.05) is 42.5 Å². The van der Waals surface area contributed by atoms with Crippen LogP contribution in [0.25, 0.3) is 22.0 Å². The number of rotatable bonds is 5. The molecule has 0 saturated carbocycles. The molecule has 0 atom stereocenters. The van der Waals surface area contributed by atoms with Gasteiger partial charge in [0.1, 0.15) is 0 Å². The molecule has 1 heterocycles. The van der Waals surface area contributed by atoms with Crippen molar-refractivity contribution in [3.05, 3.63) is 58.2 Å². The van der Waals surface area contributed by atoms with Gasteiger partial charge in [0.25, 0.3) is 0 Å². The number of aromatic nitrogens is 1. The Hall–Kier alpha value is -1.52. The minimum atomic E-state index is 0.138. The normalized spacial score (nSPS) is 11.3.